The Morgan fingerprint density at radius 1 is 1.04 bits per heavy atom. The topological polar surface area (TPSA) is 80.0 Å². The van der Waals surface area contributed by atoms with Crippen LogP contribution in [-0.2, 0) is 6.42 Å². The van der Waals surface area contributed by atoms with Gasteiger partial charge in [-0.1, -0.05) is 34.9 Å². The molecule has 0 atom stereocenters. The lowest BCUT2D eigenvalue weighted by molar-refractivity contribution is 0.261. The van der Waals surface area contributed by atoms with E-state index in [1.807, 2.05) is 19.1 Å². The highest BCUT2D eigenvalue weighted by Gasteiger charge is 2.10. The van der Waals surface area contributed by atoms with E-state index in [0.29, 0.717) is 18.0 Å². The number of anilines is 2. The van der Waals surface area contributed by atoms with Gasteiger partial charge in [-0.25, -0.2) is 9.18 Å². The molecule has 0 aliphatic heterocycles. The number of hydrogen-bond donors (Lipinski definition) is 2. The number of nitrogens with one attached hydrogen (secondary N) is 2. The Hall–Kier alpha value is -3.22. The molecule has 0 unspecified atom stereocenters. The summed E-state index contributed by atoms with van der Waals surface area (Å²) in [7, 11) is 0. The molecule has 3 rings (SSSR count). The molecule has 0 saturated heterocycles. The molecule has 0 aliphatic rings. The zero-order valence-electron chi connectivity index (χ0n) is 12.9. The molecular formula is C17H15FN4O2. The number of rotatable bonds is 4. The third-order valence-corrected chi connectivity index (χ3v) is 3.27. The number of aryl methyl sites for hydroxylation is 1. The summed E-state index contributed by atoms with van der Waals surface area (Å²) in [5, 5.41) is 12.7. The van der Waals surface area contributed by atoms with Gasteiger partial charge in [0.05, 0.1) is 6.42 Å². The van der Waals surface area contributed by atoms with E-state index in [9.17, 15) is 9.18 Å². The Kier molecular flexibility index (Phi) is 4.51. The van der Waals surface area contributed by atoms with Crippen LogP contribution in [0.1, 0.15) is 17.0 Å². The number of aromatic nitrogens is 2. The first-order valence-electron chi connectivity index (χ1n) is 7.30. The number of nitrogens with zero attached hydrogens (tertiary/aromatic N) is 2. The number of urea groups is 1. The molecule has 1 heterocycles. The van der Waals surface area contributed by atoms with Gasteiger partial charge in [0.2, 0.25) is 5.89 Å². The third-order valence-electron chi connectivity index (χ3n) is 3.27. The lowest BCUT2D eigenvalue weighted by Crippen LogP contribution is -2.19. The second-order valence-corrected chi connectivity index (χ2v) is 5.25. The van der Waals surface area contributed by atoms with Crippen LogP contribution in [0.5, 0.6) is 0 Å². The van der Waals surface area contributed by atoms with Gasteiger partial charge in [0.1, 0.15) is 5.82 Å². The fraction of sp³-hybridized carbons (Fsp3) is 0.118. The van der Waals surface area contributed by atoms with Crippen molar-refractivity contribution in [3.8, 4) is 0 Å². The normalized spacial score (nSPS) is 10.4. The first-order valence-corrected chi connectivity index (χ1v) is 7.30. The predicted octanol–water partition coefficient (Wildman–Crippen LogP) is 3.75. The van der Waals surface area contributed by atoms with Crippen molar-refractivity contribution in [3.05, 3.63) is 71.4 Å². The summed E-state index contributed by atoms with van der Waals surface area (Å²) in [6.07, 6.45) is 0.356. The molecule has 6 nitrogen and oxygen atoms in total. The van der Waals surface area contributed by atoms with Crippen LogP contribution < -0.4 is 10.6 Å². The first kappa shape index (κ1) is 15.7. The Balaban J connectivity index is 1.58. The average molecular weight is 326 g/mol. The van der Waals surface area contributed by atoms with Crippen LogP contribution >= 0.6 is 0 Å². The first-order chi connectivity index (χ1) is 11.6. The van der Waals surface area contributed by atoms with Crippen LogP contribution in [0.25, 0.3) is 0 Å². The van der Waals surface area contributed by atoms with Crippen LogP contribution in [0.3, 0.4) is 0 Å². The zero-order chi connectivity index (χ0) is 16.9. The van der Waals surface area contributed by atoms with E-state index in [-0.39, 0.29) is 11.8 Å². The van der Waals surface area contributed by atoms with E-state index in [4.69, 9.17) is 4.42 Å². The highest BCUT2D eigenvalue weighted by atomic mass is 19.1. The SMILES string of the molecule is Cc1ccc(NC(=O)Nc2nnc(Cc3ccc(F)cc3)o2)cc1. The molecule has 0 fully saturated rings. The molecule has 2 aromatic carbocycles. The van der Waals surface area contributed by atoms with Crippen LogP contribution in [0.2, 0.25) is 0 Å². The summed E-state index contributed by atoms with van der Waals surface area (Å²) in [6.45, 7) is 1.96. The predicted molar refractivity (Wildman–Crippen MR) is 87.3 cm³/mol. The molecular weight excluding hydrogens is 311 g/mol. The summed E-state index contributed by atoms with van der Waals surface area (Å²) in [4.78, 5) is 11.9. The standard InChI is InChI=1S/C17H15FN4O2/c1-11-2-8-14(9-3-11)19-16(23)20-17-22-21-15(24-17)10-12-4-6-13(18)7-5-12/h2-9H,10H2,1H3,(H2,19,20,22,23). The number of carbonyl (C=O) groups excluding carboxylic acids is 1. The number of carbonyl (C=O) groups is 1. The van der Waals surface area contributed by atoms with Gasteiger partial charge in [-0.15, -0.1) is 5.10 Å². The van der Waals surface area contributed by atoms with Crippen LogP contribution in [0.4, 0.5) is 20.9 Å². The summed E-state index contributed by atoms with van der Waals surface area (Å²) in [5.41, 5.74) is 2.59. The largest absolute Gasteiger partial charge is 0.407 e. The maximum atomic E-state index is 12.9. The highest BCUT2D eigenvalue weighted by Crippen LogP contribution is 2.13. The molecule has 0 radical (unpaired) electrons. The van der Waals surface area contributed by atoms with Gasteiger partial charge in [0, 0.05) is 5.69 Å². The number of halogens is 1. The second kappa shape index (κ2) is 6.91. The molecule has 0 bridgehead atoms. The Labute approximate surface area is 137 Å². The van der Waals surface area contributed by atoms with E-state index in [2.05, 4.69) is 20.8 Å². The van der Waals surface area contributed by atoms with Crippen LogP contribution in [0, 0.1) is 12.7 Å². The lowest BCUT2D eigenvalue weighted by atomic mass is 10.1. The monoisotopic (exact) mass is 326 g/mol. The van der Waals surface area contributed by atoms with E-state index in [1.54, 1.807) is 24.3 Å². The molecule has 0 saturated carbocycles. The molecule has 24 heavy (non-hydrogen) atoms. The minimum absolute atomic E-state index is 0.00303. The summed E-state index contributed by atoms with van der Waals surface area (Å²) >= 11 is 0. The maximum Gasteiger partial charge on any atom is 0.327 e. The van der Waals surface area contributed by atoms with Crippen molar-refractivity contribution in [3.63, 3.8) is 0 Å². The highest BCUT2D eigenvalue weighted by molar-refractivity contribution is 5.98. The van der Waals surface area contributed by atoms with Gasteiger partial charge >= 0.3 is 12.0 Å². The average Bonchev–Trinajstić information content (AvgIpc) is 2.99. The van der Waals surface area contributed by atoms with E-state index >= 15 is 0 Å². The molecule has 0 aliphatic carbocycles. The fourth-order valence-electron chi connectivity index (χ4n) is 2.05. The van der Waals surface area contributed by atoms with Gasteiger partial charge in [-0.3, -0.25) is 5.32 Å². The summed E-state index contributed by atoms with van der Waals surface area (Å²) in [6, 6.07) is 12.9. The Morgan fingerprint density at radius 2 is 1.75 bits per heavy atom. The van der Waals surface area contributed by atoms with Crippen molar-refractivity contribution in [2.75, 3.05) is 10.6 Å². The Bertz CT molecular complexity index is 829. The number of hydrogen-bond acceptors (Lipinski definition) is 4. The van der Waals surface area contributed by atoms with Gasteiger partial charge in [0.25, 0.3) is 0 Å². The molecule has 2 N–H and O–H groups in total. The van der Waals surface area contributed by atoms with Crippen molar-refractivity contribution >= 4 is 17.7 Å². The van der Waals surface area contributed by atoms with Crippen molar-refractivity contribution in [1.29, 1.82) is 0 Å². The summed E-state index contributed by atoms with van der Waals surface area (Å²) in [5.74, 6) is 0.0201. The lowest BCUT2D eigenvalue weighted by Gasteiger charge is -2.04. The molecule has 1 aromatic heterocycles. The number of benzene rings is 2. The minimum Gasteiger partial charge on any atom is -0.407 e. The van der Waals surface area contributed by atoms with Crippen LogP contribution in [-0.4, -0.2) is 16.2 Å². The maximum absolute atomic E-state index is 12.9. The Morgan fingerprint density at radius 3 is 2.46 bits per heavy atom. The van der Waals surface area contributed by atoms with E-state index in [0.717, 1.165) is 11.1 Å². The van der Waals surface area contributed by atoms with E-state index in [1.165, 1.54) is 12.1 Å². The fourth-order valence-corrected chi connectivity index (χ4v) is 2.05. The zero-order valence-corrected chi connectivity index (χ0v) is 12.9. The van der Waals surface area contributed by atoms with Gasteiger partial charge in [0.15, 0.2) is 0 Å². The van der Waals surface area contributed by atoms with E-state index < -0.39 is 6.03 Å². The molecule has 122 valence electrons. The van der Waals surface area contributed by atoms with Crippen molar-refractivity contribution in [2.45, 2.75) is 13.3 Å². The van der Waals surface area contributed by atoms with Gasteiger partial charge < -0.3 is 9.73 Å². The van der Waals surface area contributed by atoms with Crippen molar-refractivity contribution in [1.82, 2.24) is 10.2 Å². The van der Waals surface area contributed by atoms with Gasteiger partial charge in [-0.2, -0.15) is 0 Å². The summed E-state index contributed by atoms with van der Waals surface area (Å²) < 4.78 is 18.2. The van der Waals surface area contributed by atoms with Crippen molar-refractivity contribution < 1.29 is 13.6 Å². The smallest absolute Gasteiger partial charge is 0.327 e. The molecule has 3 aromatic rings. The van der Waals surface area contributed by atoms with Crippen LogP contribution in [0.15, 0.2) is 52.9 Å². The minimum atomic E-state index is -0.476. The number of amides is 2. The molecule has 2 amide bonds. The quantitative estimate of drug-likeness (QED) is 0.765. The van der Waals surface area contributed by atoms with Gasteiger partial charge in [-0.05, 0) is 36.8 Å². The molecule has 0 spiro atoms. The molecule has 7 heteroatoms. The second-order valence-electron chi connectivity index (χ2n) is 5.25. The third kappa shape index (κ3) is 4.16. The van der Waals surface area contributed by atoms with Crippen molar-refractivity contribution in [2.24, 2.45) is 0 Å².